The van der Waals surface area contributed by atoms with E-state index in [0.717, 1.165) is 17.2 Å². The van der Waals surface area contributed by atoms with Crippen molar-refractivity contribution < 1.29 is 4.79 Å². The summed E-state index contributed by atoms with van der Waals surface area (Å²) in [5, 5.41) is 2.85. The molecule has 0 aliphatic rings. The van der Waals surface area contributed by atoms with Crippen molar-refractivity contribution in [1.82, 2.24) is 0 Å². The zero-order chi connectivity index (χ0) is 13.2. The number of carbonyl (C=O) groups is 1. The summed E-state index contributed by atoms with van der Waals surface area (Å²) in [6.07, 6.45) is 4.34. The second-order valence-corrected chi connectivity index (χ2v) is 5.47. The molecular formula is C14H22N2OS. The Labute approximate surface area is 114 Å². The largest absolute Gasteiger partial charge is 0.399 e. The number of hydrogen-bond acceptors (Lipinski definition) is 3. The van der Waals surface area contributed by atoms with E-state index in [1.54, 1.807) is 12.1 Å². The molecule has 0 aliphatic heterocycles. The molecule has 100 valence electrons. The molecule has 0 unspecified atom stereocenters. The Balaban J connectivity index is 2.14. The molecular weight excluding hydrogens is 244 g/mol. The minimum Gasteiger partial charge on any atom is -0.399 e. The Morgan fingerprint density at radius 3 is 2.89 bits per heavy atom. The van der Waals surface area contributed by atoms with E-state index in [1.807, 2.05) is 23.9 Å². The Morgan fingerprint density at radius 1 is 1.33 bits per heavy atom. The zero-order valence-corrected chi connectivity index (χ0v) is 11.8. The van der Waals surface area contributed by atoms with E-state index in [1.165, 1.54) is 19.3 Å². The topological polar surface area (TPSA) is 55.1 Å². The van der Waals surface area contributed by atoms with Crippen molar-refractivity contribution in [2.24, 2.45) is 0 Å². The van der Waals surface area contributed by atoms with Crippen molar-refractivity contribution >= 4 is 29.0 Å². The third-order valence-corrected chi connectivity index (χ3v) is 3.61. The summed E-state index contributed by atoms with van der Waals surface area (Å²) in [6, 6.07) is 7.26. The van der Waals surface area contributed by atoms with Crippen molar-refractivity contribution in [3.63, 3.8) is 0 Å². The van der Waals surface area contributed by atoms with Gasteiger partial charge in [0.05, 0.1) is 0 Å². The van der Waals surface area contributed by atoms with Gasteiger partial charge in [0.15, 0.2) is 0 Å². The number of hydrogen-bond donors (Lipinski definition) is 2. The lowest BCUT2D eigenvalue weighted by molar-refractivity contribution is -0.115. The predicted octanol–water partition coefficient (Wildman–Crippen LogP) is 3.52. The molecule has 1 aromatic carbocycles. The standard InChI is InChI=1S/C14H22N2OS/c1-2-3-4-9-18-10-8-14(17)16-13-7-5-6-12(15)11-13/h5-7,11H,2-4,8-10,15H2,1H3,(H,16,17). The number of unbranched alkanes of at least 4 members (excludes halogenated alkanes) is 2. The molecule has 0 radical (unpaired) electrons. The van der Waals surface area contributed by atoms with Crippen LogP contribution in [0.1, 0.15) is 32.6 Å². The number of benzene rings is 1. The van der Waals surface area contributed by atoms with Crippen molar-refractivity contribution in [3.8, 4) is 0 Å². The smallest absolute Gasteiger partial charge is 0.225 e. The Hall–Kier alpha value is -1.16. The van der Waals surface area contributed by atoms with E-state index in [9.17, 15) is 4.79 Å². The lowest BCUT2D eigenvalue weighted by atomic mass is 10.3. The maximum absolute atomic E-state index is 11.6. The van der Waals surface area contributed by atoms with E-state index in [0.29, 0.717) is 12.1 Å². The molecule has 4 heteroatoms. The predicted molar refractivity (Wildman–Crippen MR) is 81.0 cm³/mol. The van der Waals surface area contributed by atoms with Crippen LogP contribution in [0.4, 0.5) is 11.4 Å². The number of nitrogens with two attached hydrogens (primary N) is 1. The van der Waals surface area contributed by atoms with Gasteiger partial charge in [0.1, 0.15) is 0 Å². The Bertz CT molecular complexity index is 369. The normalized spacial score (nSPS) is 10.3. The van der Waals surface area contributed by atoms with Crippen molar-refractivity contribution in [1.29, 1.82) is 0 Å². The Morgan fingerprint density at radius 2 is 2.17 bits per heavy atom. The third kappa shape index (κ3) is 6.55. The molecule has 1 aromatic rings. The van der Waals surface area contributed by atoms with Crippen molar-refractivity contribution in [2.45, 2.75) is 32.6 Å². The number of thioether (sulfide) groups is 1. The second kappa shape index (κ2) is 8.86. The van der Waals surface area contributed by atoms with E-state index in [-0.39, 0.29) is 5.91 Å². The summed E-state index contributed by atoms with van der Waals surface area (Å²) >= 11 is 1.85. The molecule has 0 aromatic heterocycles. The van der Waals surface area contributed by atoms with Crippen molar-refractivity contribution in [3.05, 3.63) is 24.3 Å². The minimum atomic E-state index is 0.0589. The lowest BCUT2D eigenvalue weighted by Crippen LogP contribution is -2.12. The molecule has 0 heterocycles. The molecule has 18 heavy (non-hydrogen) atoms. The SMILES string of the molecule is CCCCCSCCC(=O)Nc1cccc(N)c1. The van der Waals surface area contributed by atoms with Gasteiger partial charge in [-0.1, -0.05) is 25.8 Å². The fourth-order valence-electron chi connectivity index (χ4n) is 1.56. The highest BCUT2D eigenvalue weighted by Crippen LogP contribution is 2.13. The van der Waals surface area contributed by atoms with Crippen LogP contribution in [0.15, 0.2) is 24.3 Å². The fourth-order valence-corrected chi connectivity index (χ4v) is 2.50. The maximum Gasteiger partial charge on any atom is 0.225 e. The summed E-state index contributed by atoms with van der Waals surface area (Å²) in [5.41, 5.74) is 7.09. The van der Waals surface area contributed by atoms with Crippen LogP contribution in [0, 0.1) is 0 Å². The van der Waals surface area contributed by atoms with Gasteiger partial charge in [-0.3, -0.25) is 4.79 Å². The summed E-state index contributed by atoms with van der Waals surface area (Å²) in [7, 11) is 0. The van der Waals surface area contributed by atoms with Gasteiger partial charge < -0.3 is 11.1 Å². The maximum atomic E-state index is 11.6. The average molecular weight is 266 g/mol. The monoisotopic (exact) mass is 266 g/mol. The minimum absolute atomic E-state index is 0.0589. The summed E-state index contributed by atoms with van der Waals surface area (Å²) in [5.74, 6) is 2.10. The quantitative estimate of drug-likeness (QED) is 0.559. The van der Waals surface area contributed by atoms with Gasteiger partial charge >= 0.3 is 0 Å². The molecule has 0 saturated carbocycles. The highest BCUT2D eigenvalue weighted by atomic mass is 32.2. The van der Waals surface area contributed by atoms with Gasteiger partial charge in [-0.15, -0.1) is 0 Å². The van der Waals surface area contributed by atoms with E-state index >= 15 is 0 Å². The molecule has 0 saturated heterocycles. The average Bonchev–Trinajstić information content (AvgIpc) is 2.33. The highest BCUT2D eigenvalue weighted by Gasteiger charge is 2.02. The summed E-state index contributed by atoms with van der Waals surface area (Å²) in [6.45, 7) is 2.20. The molecule has 1 amide bonds. The fraction of sp³-hybridized carbons (Fsp3) is 0.500. The first-order valence-corrected chi connectivity index (χ1v) is 7.61. The number of nitrogens with one attached hydrogen (secondary N) is 1. The second-order valence-electron chi connectivity index (χ2n) is 4.24. The first-order valence-electron chi connectivity index (χ1n) is 6.45. The number of rotatable bonds is 8. The van der Waals surface area contributed by atoms with E-state index in [4.69, 9.17) is 5.73 Å². The molecule has 3 N–H and O–H groups in total. The number of amides is 1. The molecule has 0 aliphatic carbocycles. The van der Waals surface area contributed by atoms with Crippen LogP contribution in [0.5, 0.6) is 0 Å². The zero-order valence-electron chi connectivity index (χ0n) is 10.9. The van der Waals surface area contributed by atoms with Crippen molar-refractivity contribution in [2.75, 3.05) is 22.6 Å². The van der Waals surface area contributed by atoms with Gasteiger partial charge in [0.2, 0.25) is 5.91 Å². The number of carbonyl (C=O) groups excluding carboxylic acids is 1. The van der Waals surface area contributed by atoms with Crippen LogP contribution in [0.25, 0.3) is 0 Å². The van der Waals surface area contributed by atoms with Crippen LogP contribution in [0.2, 0.25) is 0 Å². The summed E-state index contributed by atoms with van der Waals surface area (Å²) in [4.78, 5) is 11.6. The van der Waals surface area contributed by atoms with Gasteiger partial charge in [-0.2, -0.15) is 11.8 Å². The van der Waals surface area contributed by atoms with Gasteiger partial charge in [-0.05, 0) is 30.4 Å². The lowest BCUT2D eigenvalue weighted by Gasteiger charge is -2.05. The molecule has 0 bridgehead atoms. The molecule has 0 spiro atoms. The van der Waals surface area contributed by atoms with Gasteiger partial charge in [-0.25, -0.2) is 0 Å². The molecule has 0 atom stereocenters. The highest BCUT2D eigenvalue weighted by molar-refractivity contribution is 7.99. The first-order chi connectivity index (χ1) is 8.72. The van der Waals surface area contributed by atoms with Gasteiger partial charge in [0, 0.05) is 23.5 Å². The first kappa shape index (κ1) is 14.9. The van der Waals surface area contributed by atoms with E-state index < -0.39 is 0 Å². The number of nitrogen functional groups attached to an aromatic ring is 1. The molecule has 3 nitrogen and oxygen atoms in total. The van der Waals surface area contributed by atoms with Crippen LogP contribution in [0.3, 0.4) is 0 Å². The van der Waals surface area contributed by atoms with Crippen LogP contribution in [-0.2, 0) is 4.79 Å². The number of anilines is 2. The summed E-state index contributed by atoms with van der Waals surface area (Å²) < 4.78 is 0. The van der Waals surface area contributed by atoms with Crippen LogP contribution >= 0.6 is 11.8 Å². The van der Waals surface area contributed by atoms with Gasteiger partial charge in [0.25, 0.3) is 0 Å². The third-order valence-electron chi connectivity index (χ3n) is 2.54. The Kier molecular flexibility index (Phi) is 7.34. The van der Waals surface area contributed by atoms with Crippen LogP contribution in [-0.4, -0.2) is 17.4 Å². The van der Waals surface area contributed by atoms with E-state index in [2.05, 4.69) is 12.2 Å². The molecule has 0 fully saturated rings. The van der Waals surface area contributed by atoms with Crippen LogP contribution < -0.4 is 11.1 Å². The molecule has 1 rings (SSSR count).